The van der Waals surface area contributed by atoms with E-state index < -0.39 is 0 Å². The van der Waals surface area contributed by atoms with E-state index in [-0.39, 0.29) is 0 Å². The van der Waals surface area contributed by atoms with Crippen molar-refractivity contribution >= 4 is 45.2 Å². The summed E-state index contributed by atoms with van der Waals surface area (Å²) in [4.78, 5) is 8.70. The monoisotopic (exact) mass is 622 g/mol. The van der Waals surface area contributed by atoms with E-state index in [4.69, 9.17) is 9.47 Å². The molecule has 8 heteroatoms. The molecule has 1 heterocycles. The quantitative estimate of drug-likeness (QED) is 0.169. The van der Waals surface area contributed by atoms with Gasteiger partial charge in [-0.05, 0) is 48.9 Å². The van der Waals surface area contributed by atoms with E-state index in [1.54, 1.807) is 0 Å². The Bertz CT molecular complexity index is 378. The van der Waals surface area contributed by atoms with Crippen molar-refractivity contribution in [1.82, 2.24) is 20.0 Å². The number of ether oxygens (including phenoxy) is 2. The minimum Gasteiger partial charge on any atom is -0.477 e. The highest BCUT2D eigenvalue weighted by Gasteiger charge is 2.03. The Morgan fingerprint density at radius 1 is 0.679 bits per heavy atom. The third-order valence-electron chi connectivity index (χ3n) is 4.14. The molecule has 0 amide bonds. The lowest BCUT2D eigenvalue weighted by Crippen LogP contribution is -2.25. The topological polar surface area (TPSA) is 50.7 Å². The van der Waals surface area contributed by atoms with Crippen LogP contribution in [-0.2, 0) is 0 Å². The summed E-state index contributed by atoms with van der Waals surface area (Å²) < 4.78 is 11.2. The van der Waals surface area contributed by atoms with Crippen molar-refractivity contribution in [2.45, 2.75) is 40.5 Å². The zero-order valence-electron chi connectivity index (χ0n) is 18.6. The molecule has 6 nitrogen and oxygen atoms in total. The maximum absolute atomic E-state index is 5.62. The zero-order chi connectivity index (χ0) is 21.6. The Morgan fingerprint density at radius 2 is 1.00 bits per heavy atom. The molecule has 0 fully saturated rings. The number of hydrogen-bond donors (Lipinski definition) is 0. The van der Waals surface area contributed by atoms with E-state index in [1.807, 2.05) is 22.0 Å². The number of rotatable bonds is 14. The molecule has 0 unspecified atom stereocenters. The minimum absolute atomic E-state index is 0.560. The van der Waals surface area contributed by atoms with Crippen molar-refractivity contribution < 1.29 is 9.47 Å². The van der Waals surface area contributed by atoms with E-state index in [1.165, 1.54) is 0 Å². The van der Waals surface area contributed by atoms with Gasteiger partial charge in [-0.2, -0.15) is 0 Å². The second-order valence-corrected chi connectivity index (χ2v) is 5.67. The lowest BCUT2D eigenvalue weighted by atomic mass is 10.4. The second kappa shape index (κ2) is 23.3. The molecule has 0 saturated heterocycles. The van der Waals surface area contributed by atoms with Gasteiger partial charge in [-0.25, -0.2) is 0 Å². The Hall–Kier alpha value is 0.0600. The number of nitrogens with zero attached hydrogens (tertiary/aromatic N) is 4. The van der Waals surface area contributed by atoms with Crippen LogP contribution in [0.1, 0.15) is 40.5 Å². The largest absolute Gasteiger partial charge is 0.477 e. The second-order valence-electron chi connectivity index (χ2n) is 5.67. The van der Waals surface area contributed by atoms with Crippen molar-refractivity contribution in [2.24, 2.45) is 0 Å². The molecule has 0 N–H and O–H groups in total. The van der Waals surface area contributed by atoms with E-state index in [2.05, 4.69) is 92.9 Å². The van der Waals surface area contributed by atoms with E-state index >= 15 is 0 Å². The first-order valence-electron chi connectivity index (χ1n) is 10.0. The summed E-state index contributed by atoms with van der Waals surface area (Å²) in [5, 5.41) is 8.12. The van der Waals surface area contributed by atoms with Gasteiger partial charge in [-0.1, -0.05) is 72.9 Å². The molecule has 1 aromatic rings. The Morgan fingerprint density at radius 3 is 1.25 bits per heavy atom. The molecular formula is C20H40I2N4O2. The number of halogens is 2. The Kier molecular flexibility index (Phi) is 25.2. The van der Waals surface area contributed by atoms with Crippen molar-refractivity contribution in [3.05, 3.63) is 12.1 Å². The molecule has 0 atom stereocenters. The van der Waals surface area contributed by atoms with Gasteiger partial charge in [-0.15, -0.1) is 10.2 Å². The van der Waals surface area contributed by atoms with Gasteiger partial charge in [-0.3, -0.25) is 0 Å². The Labute approximate surface area is 200 Å². The maximum atomic E-state index is 5.62. The summed E-state index contributed by atoms with van der Waals surface area (Å²) in [6.07, 6.45) is 1.99. The van der Waals surface area contributed by atoms with Gasteiger partial charge in [0.25, 0.3) is 0 Å². The SMILES string of the molecule is CCN(CC)CCCOc1ccc(OCCCN(CC)CC)nn1.CI.CI. The molecule has 0 aliphatic rings. The third-order valence-corrected chi connectivity index (χ3v) is 4.14. The summed E-state index contributed by atoms with van der Waals surface area (Å²) in [6.45, 7) is 16.5. The van der Waals surface area contributed by atoms with Gasteiger partial charge in [0.15, 0.2) is 0 Å². The van der Waals surface area contributed by atoms with Crippen LogP contribution in [0.15, 0.2) is 12.1 Å². The molecule has 1 rings (SSSR count). The predicted octanol–water partition coefficient (Wildman–Crippen LogP) is 4.80. The van der Waals surface area contributed by atoms with Gasteiger partial charge in [0.05, 0.1) is 13.2 Å². The Balaban J connectivity index is 0. The van der Waals surface area contributed by atoms with Gasteiger partial charge in [0, 0.05) is 25.2 Å². The molecule has 0 aliphatic carbocycles. The van der Waals surface area contributed by atoms with E-state index in [9.17, 15) is 0 Å². The summed E-state index contributed by atoms with van der Waals surface area (Å²) in [5.74, 6) is 1.12. The standard InChI is InChI=1S/C18H34N4O2.2CH3I/c1-5-21(6-2)13-9-15-23-17-11-12-18(20-19-17)24-16-10-14-22(7-3)8-4;2*1-2/h11-12H,5-10,13-16H2,1-4H3;2*1H3. The van der Waals surface area contributed by atoms with Crippen molar-refractivity contribution in [1.29, 1.82) is 0 Å². The fourth-order valence-corrected chi connectivity index (χ4v) is 2.47. The molecule has 0 aliphatic heterocycles. The van der Waals surface area contributed by atoms with Gasteiger partial charge in [0.1, 0.15) is 0 Å². The fourth-order valence-electron chi connectivity index (χ4n) is 2.47. The molecule has 0 saturated carbocycles. The number of alkyl halides is 2. The highest BCUT2D eigenvalue weighted by molar-refractivity contribution is 14.1. The molecule has 1 aromatic heterocycles. The molecule has 0 radical (unpaired) electrons. The minimum atomic E-state index is 0.560. The fraction of sp³-hybridized carbons (Fsp3) is 0.800. The first-order valence-corrected chi connectivity index (χ1v) is 14.3. The van der Waals surface area contributed by atoms with Crippen LogP contribution < -0.4 is 9.47 Å². The van der Waals surface area contributed by atoms with Crippen LogP contribution in [-0.4, -0.2) is 82.3 Å². The predicted molar refractivity (Wildman–Crippen MR) is 138 cm³/mol. The van der Waals surface area contributed by atoms with Crippen LogP contribution in [0.2, 0.25) is 0 Å². The van der Waals surface area contributed by atoms with Crippen LogP contribution in [0.4, 0.5) is 0 Å². The van der Waals surface area contributed by atoms with Gasteiger partial charge < -0.3 is 19.3 Å². The lowest BCUT2D eigenvalue weighted by molar-refractivity contribution is 0.234. The molecule has 0 spiro atoms. The molecule has 0 bridgehead atoms. The first kappa shape index (κ1) is 30.3. The van der Waals surface area contributed by atoms with E-state index in [0.717, 1.165) is 52.1 Å². The van der Waals surface area contributed by atoms with E-state index in [0.29, 0.717) is 25.0 Å². The highest BCUT2D eigenvalue weighted by atomic mass is 127. The smallest absolute Gasteiger partial charge is 0.233 e. The van der Waals surface area contributed by atoms with Gasteiger partial charge >= 0.3 is 0 Å². The number of hydrogen-bond acceptors (Lipinski definition) is 6. The van der Waals surface area contributed by atoms with Crippen molar-refractivity contribution in [2.75, 3.05) is 62.3 Å². The highest BCUT2D eigenvalue weighted by Crippen LogP contribution is 2.10. The third kappa shape index (κ3) is 15.9. The average Bonchev–Trinajstić information content (AvgIpc) is 2.77. The molecule has 166 valence electrons. The lowest BCUT2D eigenvalue weighted by Gasteiger charge is -2.17. The van der Waals surface area contributed by atoms with Crippen molar-refractivity contribution in [3.8, 4) is 11.8 Å². The summed E-state index contributed by atoms with van der Waals surface area (Å²) in [5.41, 5.74) is 0. The molecule has 0 aromatic carbocycles. The van der Waals surface area contributed by atoms with Crippen LogP contribution in [0.5, 0.6) is 11.8 Å². The normalized spacial score (nSPS) is 10.1. The summed E-state index contributed by atoms with van der Waals surface area (Å²) in [7, 11) is 0. The van der Waals surface area contributed by atoms with Crippen molar-refractivity contribution in [3.63, 3.8) is 0 Å². The van der Waals surface area contributed by atoms with Gasteiger partial charge in [0.2, 0.25) is 11.8 Å². The summed E-state index contributed by atoms with van der Waals surface area (Å²) >= 11 is 4.30. The maximum Gasteiger partial charge on any atom is 0.233 e. The average molecular weight is 622 g/mol. The molecule has 28 heavy (non-hydrogen) atoms. The van der Waals surface area contributed by atoms with Crippen LogP contribution in [0.25, 0.3) is 0 Å². The number of aromatic nitrogens is 2. The van der Waals surface area contributed by atoms with Crippen LogP contribution >= 0.6 is 45.2 Å². The zero-order valence-corrected chi connectivity index (χ0v) is 22.9. The van der Waals surface area contributed by atoms with Crippen LogP contribution in [0, 0.1) is 0 Å². The molecular weight excluding hydrogens is 582 g/mol. The summed E-state index contributed by atoms with van der Waals surface area (Å²) in [6, 6.07) is 3.65. The van der Waals surface area contributed by atoms with Crippen LogP contribution in [0.3, 0.4) is 0 Å². The first-order chi connectivity index (χ1) is 13.7.